The minimum Gasteiger partial charge on any atom is -0.444 e. The molecule has 0 radical (unpaired) electrons. The SMILES string of the molecule is Cc1cnc(N[C@@H]2CCC[C@H](N(Cc3ccc(NC(=O)OCc4ccccc4)cn3)C(=O)OC(C)(C)C)C2)nc1-c1cn(S(=O)(=O)c2ccccc2)c2ccccc12. The van der Waals surface area contributed by atoms with Crippen LogP contribution in [0.2, 0.25) is 0 Å². The molecule has 7 rings (SSSR count). The molecule has 0 aliphatic heterocycles. The number of nitrogens with one attached hydrogen (secondary N) is 2. The molecule has 1 fully saturated rings. The predicted octanol–water partition coefficient (Wildman–Crippen LogP) is 8.95. The Kier molecular flexibility index (Phi) is 11.7. The molecule has 300 valence electrons. The van der Waals surface area contributed by atoms with Gasteiger partial charge in [0.05, 0.1) is 40.2 Å². The minimum absolute atomic E-state index is 0.0690. The number of ether oxygens (including phenoxy) is 2. The second kappa shape index (κ2) is 17.1. The van der Waals surface area contributed by atoms with Crippen molar-refractivity contribution in [2.75, 3.05) is 10.6 Å². The van der Waals surface area contributed by atoms with Crippen molar-refractivity contribution in [1.29, 1.82) is 0 Å². The van der Waals surface area contributed by atoms with Gasteiger partial charge in [0, 0.05) is 35.4 Å². The van der Waals surface area contributed by atoms with E-state index in [-0.39, 0.29) is 30.1 Å². The standard InChI is InChI=1S/C44H47N7O6S/c1-30-25-46-41(49-40(30)38-28-51(39-21-12-11-20-37(38)39)58(54,55)36-18-9-6-10-19-36)47-32-16-13-17-35(24-32)50(43(53)57-44(2,3)4)27-34-23-22-33(26-45-34)48-42(52)56-29-31-14-7-5-8-15-31/h5-12,14-15,18-23,25-26,28,32,35H,13,16-17,24,27,29H2,1-4H3,(H,48,52)(H,46,47,49)/t32-,35+/m1/s1. The van der Waals surface area contributed by atoms with Crippen LogP contribution in [0.15, 0.2) is 121 Å². The topological polar surface area (TPSA) is 158 Å². The number of hydrogen-bond acceptors (Lipinski definition) is 10. The molecule has 3 heterocycles. The van der Waals surface area contributed by atoms with Gasteiger partial charge in [0.15, 0.2) is 0 Å². The summed E-state index contributed by atoms with van der Waals surface area (Å²) in [7, 11) is -3.88. The zero-order valence-corrected chi connectivity index (χ0v) is 33.8. The fourth-order valence-corrected chi connectivity index (χ4v) is 8.49. The fraction of sp³-hybridized carbons (Fsp3) is 0.295. The highest BCUT2D eigenvalue weighted by atomic mass is 32.2. The molecule has 0 unspecified atom stereocenters. The fourth-order valence-electron chi connectivity index (χ4n) is 7.10. The van der Waals surface area contributed by atoms with Crippen LogP contribution < -0.4 is 10.6 Å². The van der Waals surface area contributed by atoms with Gasteiger partial charge in [0.1, 0.15) is 12.2 Å². The van der Waals surface area contributed by atoms with Crippen LogP contribution in [-0.4, -0.2) is 62.1 Å². The lowest BCUT2D eigenvalue weighted by atomic mass is 9.90. The van der Waals surface area contributed by atoms with E-state index in [9.17, 15) is 18.0 Å². The summed E-state index contributed by atoms with van der Waals surface area (Å²) in [5.41, 5.74) is 3.90. The number of aryl methyl sites for hydroxylation is 1. The van der Waals surface area contributed by atoms with Gasteiger partial charge in [-0.15, -0.1) is 0 Å². The predicted molar refractivity (Wildman–Crippen MR) is 223 cm³/mol. The summed E-state index contributed by atoms with van der Waals surface area (Å²) in [6.07, 6.45) is 6.92. The Balaban J connectivity index is 1.07. The average molecular weight is 802 g/mol. The van der Waals surface area contributed by atoms with Gasteiger partial charge in [-0.1, -0.05) is 66.7 Å². The maximum Gasteiger partial charge on any atom is 0.412 e. The number of carbonyl (C=O) groups is 2. The Morgan fingerprint density at radius 1 is 0.897 bits per heavy atom. The highest BCUT2D eigenvalue weighted by Gasteiger charge is 2.33. The molecule has 0 saturated heterocycles. The van der Waals surface area contributed by atoms with Crippen LogP contribution >= 0.6 is 0 Å². The quantitative estimate of drug-likeness (QED) is 0.130. The molecular formula is C44H47N7O6S. The summed E-state index contributed by atoms with van der Waals surface area (Å²) >= 11 is 0. The number of rotatable bonds is 11. The molecule has 3 aromatic carbocycles. The van der Waals surface area contributed by atoms with Gasteiger partial charge < -0.3 is 14.8 Å². The van der Waals surface area contributed by atoms with Crippen LogP contribution in [0.3, 0.4) is 0 Å². The number of carbonyl (C=O) groups excluding carboxylic acids is 2. The molecule has 1 aliphatic carbocycles. The summed E-state index contributed by atoms with van der Waals surface area (Å²) in [4.78, 5) is 42.2. The first-order chi connectivity index (χ1) is 27.8. The van der Waals surface area contributed by atoms with Crippen LogP contribution in [0.4, 0.5) is 21.2 Å². The Morgan fingerprint density at radius 2 is 1.62 bits per heavy atom. The largest absolute Gasteiger partial charge is 0.444 e. The highest BCUT2D eigenvalue weighted by molar-refractivity contribution is 7.90. The number of pyridine rings is 1. The second-order valence-corrected chi connectivity index (χ2v) is 17.2. The Hall–Kier alpha value is -6.28. The van der Waals surface area contributed by atoms with Crippen molar-refractivity contribution in [3.63, 3.8) is 0 Å². The lowest BCUT2D eigenvalue weighted by Gasteiger charge is -2.38. The first-order valence-corrected chi connectivity index (χ1v) is 20.7. The molecule has 6 aromatic rings. The minimum atomic E-state index is -3.88. The normalized spacial score (nSPS) is 15.7. The van der Waals surface area contributed by atoms with E-state index in [2.05, 4.69) is 20.6 Å². The third kappa shape index (κ3) is 9.46. The molecule has 1 saturated carbocycles. The third-order valence-corrected chi connectivity index (χ3v) is 11.6. The zero-order chi connectivity index (χ0) is 40.9. The Labute approximate surface area is 338 Å². The van der Waals surface area contributed by atoms with Gasteiger partial charge >= 0.3 is 12.2 Å². The monoisotopic (exact) mass is 801 g/mol. The molecule has 2 N–H and O–H groups in total. The molecule has 2 atom stereocenters. The number of nitrogens with zero attached hydrogens (tertiary/aromatic N) is 5. The number of amides is 2. The average Bonchev–Trinajstić information content (AvgIpc) is 3.61. The second-order valence-electron chi connectivity index (χ2n) is 15.4. The van der Waals surface area contributed by atoms with Gasteiger partial charge in [0.2, 0.25) is 5.95 Å². The molecule has 1 aliphatic rings. The molecule has 2 amide bonds. The molecule has 13 nitrogen and oxygen atoms in total. The number of para-hydroxylation sites is 1. The van der Waals surface area contributed by atoms with E-state index in [1.54, 1.807) is 72.0 Å². The summed E-state index contributed by atoms with van der Waals surface area (Å²) in [5, 5.41) is 6.97. The molecule has 0 spiro atoms. The number of anilines is 2. The van der Waals surface area contributed by atoms with Crippen molar-refractivity contribution in [3.8, 4) is 11.3 Å². The molecular weight excluding hydrogens is 755 g/mol. The smallest absolute Gasteiger partial charge is 0.412 e. The van der Waals surface area contributed by atoms with Gasteiger partial charge in [-0.25, -0.2) is 31.9 Å². The maximum atomic E-state index is 13.8. The van der Waals surface area contributed by atoms with Gasteiger partial charge in [-0.05, 0) is 94.8 Å². The van der Waals surface area contributed by atoms with E-state index in [1.165, 1.54) is 3.97 Å². The maximum absolute atomic E-state index is 13.8. The van der Waals surface area contributed by atoms with Crippen LogP contribution in [0.1, 0.15) is 63.3 Å². The van der Waals surface area contributed by atoms with Crippen molar-refractivity contribution in [2.45, 2.75) is 89.1 Å². The van der Waals surface area contributed by atoms with E-state index in [4.69, 9.17) is 14.5 Å². The van der Waals surface area contributed by atoms with Gasteiger partial charge in [0.25, 0.3) is 10.0 Å². The molecule has 3 aromatic heterocycles. The molecule has 0 bridgehead atoms. The molecule has 14 heteroatoms. The molecule has 58 heavy (non-hydrogen) atoms. The van der Waals surface area contributed by atoms with E-state index in [0.717, 1.165) is 35.8 Å². The number of aromatic nitrogens is 4. The highest BCUT2D eigenvalue weighted by Crippen LogP contribution is 2.35. The summed E-state index contributed by atoms with van der Waals surface area (Å²) < 4.78 is 40.1. The van der Waals surface area contributed by atoms with Crippen molar-refractivity contribution in [3.05, 3.63) is 132 Å². The van der Waals surface area contributed by atoms with Crippen LogP contribution in [0, 0.1) is 6.92 Å². The summed E-state index contributed by atoms with van der Waals surface area (Å²) in [5.74, 6) is 0.407. The van der Waals surface area contributed by atoms with Crippen LogP contribution in [-0.2, 0) is 32.6 Å². The lowest BCUT2D eigenvalue weighted by Crippen LogP contribution is -2.47. The number of benzene rings is 3. The Bertz CT molecular complexity index is 2490. The number of hydrogen-bond donors (Lipinski definition) is 2. The van der Waals surface area contributed by atoms with Crippen LogP contribution in [0.5, 0.6) is 0 Å². The van der Waals surface area contributed by atoms with Crippen molar-refractivity contribution in [1.82, 2.24) is 23.8 Å². The van der Waals surface area contributed by atoms with E-state index >= 15 is 0 Å². The van der Waals surface area contributed by atoms with Gasteiger partial charge in [-0.3, -0.25) is 15.2 Å². The van der Waals surface area contributed by atoms with Crippen molar-refractivity contribution in [2.24, 2.45) is 0 Å². The Morgan fingerprint density at radius 3 is 2.34 bits per heavy atom. The van der Waals surface area contributed by atoms with Crippen LogP contribution in [0.25, 0.3) is 22.2 Å². The van der Waals surface area contributed by atoms with E-state index < -0.39 is 27.8 Å². The number of fused-ring (bicyclic) bond motifs is 1. The summed E-state index contributed by atoms with van der Waals surface area (Å²) in [6, 6.07) is 28.4. The first-order valence-electron chi connectivity index (χ1n) is 19.3. The summed E-state index contributed by atoms with van der Waals surface area (Å²) in [6.45, 7) is 7.76. The van der Waals surface area contributed by atoms with Crippen molar-refractivity contribution >= 4 is 44.7 Å². The third-order valence-electron chi connectivity index (χ3n) is 9.87. The van der Waals surface area contributed by atoms with Crippen molar-refractivity contribution < 1.29 is 27.5 Å². The van der Waals surface area contributed by atoms with E-state index in [1.807, 2.05) is 76.2 Å². The van der Waals surface area contributed by atoms with E-state index in [0.29, 0.717) is 40.5 Å². The zero-order valence-electron chi connectivity index (χ0n) is 33.0. The first kappa shape index (κ1) is 39.9. The lowest BCUT2D eigenvalue weighted by molar-refractivity contribution is 0.00906. The van der Waals surface area contributed by atoms with Gasteiger partial charge in [-0.2, -0.15) is 0 Å².